The number of methoxy groups -OCH3 is 1. The van der Waals surface area contributed by atoms with E-state index in [-0.39, 0.29) is 54.1 Å². The highest BCUT2D eigenvalue weighted by Gasteiger charge is 2.57. The van der Waals surface area contributed by atoms with Crippen LogP contribution in [0, 0.1) is 17.8 Å². The van der Waals surface area contributed by atoms with Crippen molar-refractivity contribution >= 4 is 41.0 Å². The maximum atomic E-state index is 14.2. The van der Waals surface area contributed by atoms with Crippen LogP contribution in [0.1, 0.15) is 120 Å². The van der Waals surface area contributed by atoms with Crippen molar-refractivity contribution in [3.8, 4) is 5.75 Å². The lowest BCUT2D eigenvalue weighted by Gasteiger charge is -2.38. The quantitative estimate of drug-likeness (QED) is 0.167. The first kappa shape index (κ1) is 42.7. The van der Waals surface area contributed by atoms with Gasteiger partial charge in [0.2, 0.25) is 11.8 Å². The number of aliphatic carboxylic acids is 1. The molecule has 1 aromatic heterocycles. The number of likely N-dealkylation sites (tertiary alicyclic amines) is 1. The number of carbonyl (C=O) groups excluding carboxylic acids is 4. The molecule has 2 aromatic rings. The molecule has 1 saturated carbocycles. The van der Waals surface area contributed by atoms with Crippen LogP contribution in [0.4, 0.5) is 0 Å². The number of carboxylic acids is 1. The van der Waals surface area contributed by atoms with Crippen molar-refractivity contribution in [1.82, 2.24) is 25.4 Å². The molecule has 54 heavy (non-hydrogen) atoms. The number of nitrogens with zero attached hydrogens (tertiary/aromatic N) is 3. The van der Waals surface area contributed by atoms with Crippen molar-refractivity contribution in [2.75, 3.05) is 27.7 Å². The minimum absolute atomic E-state index is 0.0571. The molecule has 2 heterocycles. The molecule has 2 fully saturated rings. The number of piperidine rings is 1. The minimum atomic E-state index is -0.943. The number of rotatable bonds is 18. The third kappa shape index (κ3) is 10.4. The van der Waals surface area contributed by atoms with Gasteiger partial charge in [-0.15, -0.1) is 11.3 Å². The largest absolute Gasteiger partial charge is 0.497 e. The van der Waals surface area contributed by atoms with Gasteiger partial charge in [0.05, 0.1) is 19.1 Å². The number of esters is 1. The predicted octanol–water partition coefficient (Wildman–Crippen LogP) is 5.41. The van der Waals surface area contributed by atoms with E-state index in [0.717, 1.165) is 31.4 Å². The fourth-order valence-corrected chi connectivity index (χ4v) is 8.51. The number of hydrogen-bond donors (Lipinski definition) is 3. The molecule has 0 spiro atoms. The standard InChI is InChI=1S/C40H59N5O8S/c1-10-24(4)34(42-36(48)31-13-11-12-18-44(31)7)38(49)45(8)32(23(2)3)19-33(53-26(6)46)37-41-30(22-54-37)35(47)43-40(20-25(5)39(50)51)21-29(40)27-14-16-28(52-9)17-15-27/h14-17,22-25,29,31-34H,10-13,18-21H2,1-9H3,(H,42,48)(H,43,47)(H,50,51)/t24?,25-,29?,31+,32?,33+,34-,40?/m0/s1. The number of hydrogen-bond acceptors (Lipinski definition) is 10. The third-order valence-electron chi connectivity index (χ3n) is 11.3. The van der Waals surface area contributed by atoms with Gasteiger partial charge in [-0.3, -0.25) is 28.9 Å². The zero-order chi connectivity index (χ0) is 39.9. The lowest BCUT2D eigenvalue weighted by Crippen LogP contribution is -2.58. The lowest BCUT2D eigenvalue weighted by molar-refractivity contribution is -0.149. The summed E-state index contributed by atoms with van der Waals surface area (Å²) in [5, 5.41) is 17.9. The smallest absolute Gasteiger partial charge is 0.306 e. The number of carboxylic acid groups (broad SMARTS) is 1. The number of aromatic nitrogens is 1. The molecular weight excluding hydrogens is 711 g/mol. The Balaban J connectivity index is 1.53. The first-order valence-corrected chi connectivity index (χ1v) is 20.0. The highest BCUT2D eigenvalue weighted by molar-refractivity contribution is 7.09. The van der Waals surface area contributed by atoms with E-state index in [1.165, 1.54) is 18.3 Å². The molecule has 1 aliphatic heterocycles. The molecule has 13 nitrogen and oxygen atoms in total. The summed E-state index contributed by atoms with van der Waals surface area (Å²) in [6, 6.07) is 6.12. The summed E-state index contributed by atoms with van der Waals surface area (Å²) in [7, 11) is 5.25. The molecule has 4 rings (SSSR count). The number of nitrogens with one attached hydrogen (secondary N) is 2. The predicted molar refractivity (Wildman–Crippen MR) is 206 cm³/mol. The second-order valence-corrected chi connectivity index (χ2v) is 16.5. The second-order valence-electron chi connectivity index (χ2n) is 15.6. The van der Waals surface area contributed by atoms with Crippen LogP contribution in [0.5, 0.6) is 5.75 Å². The molecule has 0 radical (unpaired) electrons. The zero-order valence-electron chi connectivity index (χ0n) is 33.2. The maximum Gasteiger partial charge on any atom is 0.306 e. The molecule has 298 valence electrons. The summed E-state index contributed by atoms with van der Waals surface area (Å²) < 4.78 is 11.1. The van der Waals surface area contributed by atoms with Gasteiger partial charge in [-0.2, -0.15) is 0 Å². The van der Waals surface area contributed by atoms with Crippen LogP contribution in [0.3, 0.4) is 0 Å². The Hall–Kier alpha value is -4.04. The molecule has 1 saturated heterocycles. The number of carbonyl (C=O) groups is 5. The fraction of sp³-hybridized carbons (Fsp3) is 0.650. The Morgan fingerprint density at radius 1 is 1.11 bits per heavy atom. The summed E-state index contributed by atoms with van der Waals surface area (Å²) in [5.41, 5.74) is 0.326. The van der Waals surface area contributed by atoms with Crippen LogP contribution >= 0.6 is 11.3 Å². The van der Waals surface area contributed by atoms with Crippen LogP contribution in [-0.4, -0.2) is 101 Å². The van der Waals surface area contributed by atoms with Crippen molar-refractivity contribution in [3.05, 3.63) is 45.9 Å². The zero-order valence-corrected chi connectivity index (χ0v) is 34.0. The first-order valence-electron chi connectivity index (χ1n) is 19.1. The average Bonchev–Trinajstić information content (AvgIpc) is 3.58. The number of benzene rings is 1. The number of likely N-dealkylation sites (N-methyl/N-ethyl adjacent to an activating group) is 2. The fourth-order valence-electron chi connectivity index (χ4n) is 7.68. The Morgan fingerprint density at radius 2 is 1.80 bits per heavy atom. The van der Waals surface area contributed by atoms with E-state index in [1.807, 2.05) is 63.9 Å². The first-order chi connectivity index (χ1) is 25.5. The second kappa shape index (κ2) is 18.5. The molecule has 0 bridgehead atoms. The van der Waals surface area contributed by atoms with Crippen LogP contribution < -0.4 is 15.4 Å². The highest BCUT2D eigenvalue weighted by Crippen LogP contribution is 2.55. The van der Waals surface area contributed by atoms with Gasteiger partial charge in [0, 0.05) is 43.3 Å². The average molecular weight is 770 g/mol. The van der Waals surface area contributed by atoms with Gasteiger partial charge in [0.1, 0.15) is 22.5 Å². The molecule has 3 amide bonds. The molecule has 4 unspecified atom stereocenters. The van der Waals surface area contributed by atoms with Crippen molar-refractivity contribution in [2.24, 2.45) is 17.8 Å². The number of ether oxygens (including phenoxy) is 2. The van der Waals surface area contributed by atoms with E-state index < -0.39 is 47.5 Å². The number of thiazole rings is 1. The summed E-state index contributed by atoms with van der Waals surface area (Å²) in [6.45, 7) is 11.7. The van der Waals surface area contributed by atoms with Crippen LogP contribution in [0.15, 0.2) is 29.6 Å². The summed E-state index contributed by atoms with van der Waals surface area (Å²) in [6.07, 6.45) is 3.63. The van der Waals surface area contributed by atoms with Gasteiger partial charge in [-0.1, -0.05) is 59.6 Å². The molecule has 3 N–H and O–H groups in total. The Bertz CT molecular complexity index is 1630. The molecule has 8 atom stereocenters. The van der Waals surface area contributed by atoms with Gasteiger partial charge >= 0.3 is 11.9 Å². The van der Waals surface area contributed by atoms with Crippen LogP contribution in [0.25, 0.3) is 0 Å². The van der Waals surface area contributed by atoms with Crippen molar-refractivity contribution in [2.45, 2.75) is 122 Å². The molecule has 14 heteroatoms. The van der Waals surface area contributed by atoms with Gasteiger partial charge in [0.15, 0.2) is 6.10 Å². The third-order valence-corrected chi connectivity index (χ3v) is 12.2. The van der Waals surface area contributed by atoms with E-state index in [1.54, 1.807) is 31.4 Å². The Labute approximate surface area is 323 Å². The van der Waals surface area contributed by atoms with Gasteiger partial charge in [-0.05, 0) is 68.8 Å². The van der Waals surface area contributed by atoms with Crippen molar-refractivity contribution in [1.29, 1.82) is 0 Å². The van der Waals surface area contributed by atoms with E-state index in [2.05, 4.69) is 15.6 Å². The van der Waals surface area contributed by atoms with E-state index in [4.69, 9.17) is 9.47 Å². The maximum absolute atomic E-state index is 14.2. The SMILES string of the molecule is CCC(C)[C@H](NC(=O)[C@H]1CCCCN1C)C(=O)N(C)C(C[C@@H](OC(C)=O)c1nc(C(=O)NC2(C[C@H](C)C(=O)O)CC2c2ccc(OC)cc2)cs1)C(C)C. The highest BCUT2D eigenvalue weighted by atomic mass is 32.1. The Morgan fingerprint density at radius 3 is 2.37 bits per heavy atom. The van der Waals surface area contributed by atoms with Crippen molar-refractivity contribution in [3.63, 3.8) is 0 Å². The topological polar surface area (TPSA) is 167 Å². The van der Waals surface area contributed by atoms with Gasteiger partial charge in [-0.25, -0.2) is 4.98 Å². The normalized spacial score (nSPS) is 22.6. The van der Waals surface area contributed by atoms with Crippen LogP contribution in [0.2, 0.25) is 0 Å². The lowest BCUT2D eigenvalue weighted by atomic mass is 9.92. The monoisotopic (exact) mass is 769 g/mol. The molecule has 2 aliphatic rings. The summed E-state index contributed by atoms with van der Waals surface area (Å²) in [5.74, 6) is -2.53. The van der Waals surface area contributed by atoms with Gasteiger partial charge in [0.25, 0.3) is 5.91 Å². The summed E-state index contributed by atoms with van der Waals surface area (Å²) in [4.78, 5) is 74.1. The van der Waals surface area contributed by atoms with E-state index >= 15 is 0 Å². The Kier molecular flexibility index (Phi) is 14.7. The van der Waals surface area contributed by atoms with E-state index in [0.29, 0.717) is 23.6 Å². The minimum Gasteiger partial charge on any atom is -0.497 e. The van der Waals surface area contributed by atoms with E-state index in [9.17, 15) is 29.1 Å². The summed E-state index contributed by atoms with van der Waals surface area (Å²) >= 11 is 1.19. The van der Waals surface area contributed by atoms with Crippen molar-refractivity contribution < 1.29 is 38.6 Å². The van der Waals surface area contributed by atoms with Crippen LogP contribution in [-0.2, 0) is 23.9 Å². The number of amides is 3. The molecular formula is C40H59N5O8S. The van der Waals surface area contributed by atoms with Gasteiger partial charge < -0.3 is 30.1 Å². The molecule has 1 aromatic carbocycles. The molecule has 1 aliphatic carbocycles.